The summed E-state index contributed by atoms with van der Waals surface area (Å²) in [6, 6.07) is 0. The first-order valence-electron chi connectivity index (χ1n) is 18.6. The summed E-state index contributed by atoms with van der Waals surface area (Å²) in [5.74, 6) is 0. The van der Waals surface area contributed by atoms with Gasteiger partial charge in [-0.15, -0.1) is 0 Å². The number of allylic oxidation sites excluding steroid dienone is 18. The van der Waals surface area contributed by atoms with Crippen LogP contribution in [-0.4, -0.2) is 29.7 Å². The van der Waals surface area contributed by atoms with Gasteiger partial charge in [-0.05, 0) is 108 Å². The highest BCUT2D eigenvalue weighted by atomic mass is 16.3. The van der Waals surface area contributed by atoms with Crippen LogP contribution in [0.15, 0.2) is 117 Å². The van der Waals surface area contributed by atoms with E-state index in [1.54, 1.807) is 12.2 Å². The topological polar surface area (TPSA) is 57.5 Å². The van der Waals surface area contributed by atoms with Crippen LogP contribution in [0.4, 0.5) is 0 Å². The summed E-state index contributed by atoms with van der Waals surface area (Å²) < 4.78 is 0. The molecule has 2 aliphatic rings. The Hall–Kier alpha value is -3.01. The molecule has 49 heavy (non-hydrogen) atoms. The Bertz CT molecular complexity index is 1200. The van der Waals surface area contributed by atoms with E-state index in [4.69, 9.17) is 10.2 Å². The molecule has 0 atom stereocenters. The van der Waals surface area contributed by atoms with Crippen LogP contribution in [0.5, 0.6) is 0 Å². The average Bonchev–Trinajstić information content (AvgIpc) is 3.01. The van der Waals surface area contributed by atoms with E-state index in [9.17, 15) is 4.79 Å². The van der Waals surface area contributed by atoms with E-state index in [1.807, 2.05) is 38.2 Å². The lowest BCUT2D eigenvalue weighted by Crippen LogP contribution is -2.19. The van der Waals surface area contributed by atoms with E-state index in [0.717, 1.165) is 30.3 Å². The van der Waals surface area contributed by atoms with Gasteiger partial charge in [0.2, 0.25) is 0 Å². The SMILES string of the molecule is CC1=C(/C=C/C(C)=C/C=C\C(C)=C\CO)C(C)(C)CCC1.CC1=C(/C=C/C(C)=C/C=C\C(C)=C\CO)C(C)(C)CCC1.CCCCCC=O. The Morgan fingerprint density at radius 1 is 0.653 bits per heavy atom. The van der Waals surface area contributed by atoms with Crippen molar-refractivity contribution in [3.8, 4) is 0 Å². The standard InChI is InChI=1S/2C20H30O.C6H12O/c2*1-16(8-6-9-17(2)13-15-21)11-12-19-18(3)10-7-14-20(19,4)5;1-2-3-4-5-6-7/h2*6,8-9,11-13,21H,7,10,14-15H2,1-5H3;6H,2-5H2,1H3/b2*9-6-,12-11+,16-8+,17-13+;. The maximum atomic E-state index is 9.68. The van der Waals surface area contributed by atoms with Crippen LogP contribution in [0.25, 0.3) is 0 Å². The van der Waals surface area contributed by atoms with Gasteiger partial charge in [-0.1, -0.05) is 154 Å². The van der Waals surface area contributed by atoms with E-state index in [0.29, 0.717) is 10.8 Å². The average molecular weight is 673 g/mol. The maximum Gasteiger partial charge on any atom is 0.119 e. The third kappa shape index (κ3) is 21.0. The Morgan fingerprint density at radius 2 is 1.06 bits per heavy atom. The van der Waals surface area contributed by atoms with Crippen LogP contribution in [-0.2, 0) is 4.79 Å². The molecule has 0 saturated heterocycles. The lowest BCUT2D eigenvalue weighted by atomic mass is 9.72. The predicted octanol–water partition coefficient (Wildman–Crippen LogP) is 12.8. The molecule has 0 unspecified atom stereocenters. The number of aldehydes is 1. The molecule has 0 amide bonds. The van der Waals surface area contributed by atoms with Gasteiger partial charge in [-0.3, -0.25) is 0 Å². The summed E-state index contributed by atoms with van der Waals surface area (Å²) in [4.78, 5) is 9.68. The summed E-state index contributed by atoms with van der Waals surface area (Å²) in [5.41, 5.74) is 11.3. The Morgan fingerprint density at radius 3 is 1.39 bits per heavy atom. The van der Waals surface area contributed by atoms with Crippen molar-refractivity contribution in [2.75, 3.05) is 13.2 Å². The molecule has 2 N–H and O–H groups in total. The molecule has 0 spiro atoms. The Balaban J connectivity index is 0.000000789. The van der Waals surface area contributed by atoms with Gasteiger partial charge in [0.25, 0.3) is 0 Å². The molecule has 0 saturated carbocycles. The minimum absolute atomic E-state index is 0.0985. The lowest BCUT2D eigenvalue weighted by molar-refractivity contribution is -0.107. The van der Waals surface area contributed by atoms with E-state index in [-0.39, 0.29) is 13.2 Å². The van der Waals surface area contributed by atoms with Crippen LogP contribution in [0.2, 0.25) is 0 Å². The number of carbonyl (C=O) groups excluding carboxylic acids is 1. The molecular formula is C46H72O3. The number of rotatable bonds is 14. The number of unbranched alkanes of at least 4 members (excludes halogenated alkanes) is 3. The third-order valence-electron chi connectivity index (χ3n) is 9.30. The van der Waals surface area contributed by atoms with Gasteiger partial charge in [-0.2, -0.15) is 0 Å². The Kier molecular flexibility index (Phi) is 24.3. The van der Waals surface area contributed by atoms with Gasteiger partial charge in [0, 0.05) is 6.42 Å². The number of hydrogen-bond donors (Lipinski definition) is 2. The van der Waals surface area contributed by atoms with Gasteiger partial charge in [-0.25, -0.2) is 0 Å². The fourth-order valence-electron chi connectivity index (χ4n) is 6.17. The molecule has 3 nitrogen and oxygen atoms in total. The van der Waals surface area contributed by atoms with E-state index in [1.165, 1.54) is 84.8 Å². The molecule has 0 aromatic heterocycles. The van der Waals surface area contributed by atoms with Crippen molar-refractivity contribution >= 4 is 6.29 Å². The van der Waals surface area contributed by atoms with Gasteiger partial charge < -0.3 is 15.0 Å². The molecular weight excluding hydrogens is 601 g/mol. The van der Waals surface area contributed by atoms with Crippen LogP contribution < -0.4 is 0 Å². The summed E-state index contributed by atoms with van der Waals surface area (Å²) in [6.07, 6.45) is 37.8. The third-order valence-corrected chi connectivity index (χ3v) is 9.30. The highest BCUT2D eigenvalue weighted by Crippen LogP contribution is 2.41. The largest absolute Gasteiger partial charge is 0.392 e. The van der Waals surface area contributed by atoms with Crippen molar-refractivity contribution in [2.45, 2.75) is 140 Å². The summed E-state index contributed by atoms with van der Waals surface area (Å²) >= 11 is 0. The molecule has 0 aromatic carbocycles. The van der Waals surface area contributed by atoms with Crippen LogP contribution in [0, 0.1) is 10.8 Å². The van der Waals surface area contributed by atoms with Crippen molar-refractivity contribution in [3.63, 3.8) is 0 Å². The highest BCUT2D eigenvalue weighted by Gasteiger charge is 2.27. The number of aliphatic hydroxyl groups is 2. The van der Waals surface area contributed by atoms with E-state index in [2.05, 4.69) is 98.8 Å². The summed E-state index contributed by atoms with van der Waals surface area (Å²) in [7, 11) is 0. The number of aliphatic hydroxyl groups excluding tert-OH is 2. The smallest absolute Gasteiger partial charge is 0.119 e. The zero-order valence-electron chi connectivity index (χ0n) is 33.3. The first-order chi connectivity index (χ1) is 23.1. The Labute approximate surface area is 302 Å². The molecule has 0 radical (unpaired) electrons. The van der Waals surface area contributed by atoms with Crippen molar-refractivity contribution < 1.29 is 15.0 Å². The molecule has 0 bridgehead atoms. The normalized spacial score (nSPS) is 19.1. The minimum atomic E-state index is 0.0985. The van der Waals surface area contributed by atoms with Gasteiger partial charge in [0.1, 0.15) is 6.29 Å². The second kappa shape index (κ2) is 25.9. The second-order valence-corrected chi connectivity index (χ2v) is 15.0. The van der Waals surface area contributed by atoms with Crippen molar-refractivity contribution in [1.82, 2.24) is 0 Å². The molecule has 0 fully saturated rings. The van der Waals surface area contributed by atoms with Crippen LogP contribution in [0.3, 0.4) is 0 Å². The predicted molar refractivity (Wildman–Crippen MR) is 217 cm³/mol. The highest BCUT2D eigenvalue weighted by molar-refractivity contribution is 5.48. The van der Waals surface area contributed by atoms with Crippen molar-refractivity contribution in [3.05, 3.63) is 117 Å². The maximum absolute atomic E-state index is 9.68. The molecule has 2 aliphatic carbocycles. The number of carbonyl (C=O) groups is 1. The molecule has 0 aromatic rings. The first kappa shape index (κ1) is 46.0. The molecule has 274 valence electrons. The van der Waals surface area contributed by atoms with Gasteiger partial charge in [0.05, 0.1) is 13.2 Å². The fourth-order valence-corrected chi connectivity index (χ4v) is 6.17. The van der Waals surface area contributed by atoms with Gasteiger partial charge >= 0.3 is 0 Å². The minimum Gasteiger partial charge on any atom is -0.392 e. The van der Waals surface area contributed by atoms with Gasteiger partial charge in [0.15, 0.2) is 0 Å². The van der Waals surface area contributed by atoms with Crippen LogP contribution in [0.1, 0.15) is 140 Å². The van der Waals surface area contributed by atoms with Crippen molar-refractivity contribution in [1.29, 1.82) is 0 Å². The zero-order chi connectivity index (χ0) is 37.3. The number of hydrogen-bond acceptors (Lipinski definition) is 3. The molecule has 0 heterocycles. The lowest BCUT2D eigenvalue weighted by Gasteiger charge is -2.33. The monoisotopic (exact) mass is 673 g/mol. The quantitative estimate of drug-likeness (QED) is 0.110. The first-order valence-corrected chi connectivity index (χ1v) is 18.6. The van der Waals surface area contributed by atoms with Crippen LogP contribution >= 0.6 is 0 Å². The zero-order valence-corrected chi connectivity index (χ0v) is 33.3. The fraction of sp³-hybridized carbons (Fsp3) is 0.543. The van der Waals surface area contributed by atoms with E-state index >= 15 is 0 Å². The molecule has 0 aliphatic heterocycles. The molecule has 3 heteroatoms. The van der Waals surface area contributed by atoms with E-state index < -0.39 is 0 Å². The second-order valence-electron chi connectivity index (χ2n) is 15.0. The molecule has 2 rings (SSSR count). The summed E-state index contributed by atoms with van der Waals surface area (Å²) in [6.45, 7) is 24.5. The van der Waals surface area contributed by atoms with Crippen molar-refractivity contribution in [2.24, 2.45) is 10.8 Å². The summed E-state index contributed by atoms with van der Waals surface area (Å²) in [5, 5.41) is 17.6.